The smallest absolute Gasteiger partial charge is 1.00 e. The second kappa shape index (κ2) is 5.47. The van der Waals surface area contributed by atoms with Crippen molar-refractivity contribution in [2.24, 2.45) is 0 Å². The first-order valence-electron chi connectivity index (χ1n) is 0.783. The summed E-state index contributed by atoms with van der Waals surface area (Å²) in [6.45, 7) is 0. The molecule has 0 saturated heterocycles. The molecule has 0 heterocycles. The molecular weight excluding hydrogens is 167 g/mol. The Morgan fingerprint density at radius 1 is 1.29 bits per heavy atom. The summed E-state index contributed by atoms with van der Waals surface area (Å²) >= 11 is 0. The van der Waals surface area contributed by atoms with Gasteiger partial charge in [-0.3, -0.25) is 0 Å². The van der Waals surface area contributed by atoms with Gasteiger partial charge in [-0.25, -0.2) is 4.57 Å². The van der Waals surface area contributed by atoms with Crippen LogP contribution in [0.3, 0.4) is 0 Å². The van der Waals surface area contributed by atoms with E-state index in [1.54, 1.807) is 0 Å². The number of phosphoric acid groups is 1. The zero-order valence-corrected chi connectivity index (χ0v) is 7.77. The van der Waals surface area contributed by atoms with Crippen molar-refractivity contribution >= 4 is 7.82 Å². The molecule has 0 atom stereocenters. The minimum atomic E-state index is -4.64. The molecule has 7 heavy (non-hydrogen) atoms. The van der Waals surface area contributed by atoms with Crippen LogP contribution < -0.4 is 18.9 Å². The molecule has 0 radical (unpaired) electrons. The van der Waals surface area contributed by atoms with Crippen LogP contribution in [0, 0.1) is 0 Å². The molecule has 0 aliphatic heterocycles. The minimum Gasteiger partial charge on any atom is -1.00 e. The average Bonchev–Trinajstić information content (AvgIpc) is 0.722. The number of hydrogen-bond acceptors (Lipinski definition) is 1. The topological polar surface area (TPSA) is 77.8 Å². The van der Waals surface area contributed by atoms with Crippen LogP contribution in [0.2, 0.25) is 0 Å². The van der Waals surface area contributed by atoms with Crippen molar-refractivity contribution in [3.63, 3.8) is 0 Å². The molecule has 0 aromatic rings. The maximum absolute atomic E-state index is 8.88. The fourth-order valence-corrected chi connectivity index (χ4v) is 0. The Kier molecular flexibility index (Phi) is 12.3. The Bertz CT molecular complexity index is 62.2. The second-order valence-corrected chi connectivity index (χ2v) is 1.54. The molecule has 4 nitrogen and oxygen atoms in total. The molecule has 0 aromatic carbocycles. The van der Waals surface area contributed by atoms with E-state index in [-0.39, 0.29) is 39.8 Å². The molecule has 0 aromatic heterocycles. The first-order valence-corrected chi connectivity index (χ1v) is 2.35. The van der Waals surface area contributed by atoms with E-state index in [1.807, 2.05) is 0 Å². The van der Waals surface area contributed by atoms with E-state index >= 15 is 0 Å². The maximum atomic E-state index is 8.88. The van der Waals surface area contributed by atoms with Crippen LogP contribution in [0.4, 0.5) is 0 Å². The SMILES string of the molecule is O=P(O)(O)O.[H-].[Li+].[Zn]. The van der Waals surface area contributed by atoms with Gasteiger partial charge in [0.25, 0.3) is 0 Å². The Morgan fingerprint density at radius 2 is 1.29 bits per heavy atom. The molecular formula is H4LiO4PZn. The van der Waals surface area contributed by atoms with Gasteiger partial charge in [-0.1, -0.05) is 0 Å². The maximum Gasteiger partial charge on any atom is 1.00 e. The van der Waals surface area contributed by atoms with Gasteiger partial charge in [0.05, 0.1) is 0 Å². The fraction of sp³-hybridized carbons (Fsp3) is 0. The summed E-state index contributed by atoms with van der Waals surface area (Å²) in [6, 6.07) is 0. The Balaban J connectivity index is -0.0000000267. The van der Waals surface area contributed by atoms with Crippen LogP contribution in [-0.2, 0) is 24.0 Å². The minimum absolute atomic E-state index is 0. The van der Waals surface area contributed by atoms with Crippen LogP contribution in [0.15, 0.2) is 0 Å². The van der Waals surface area contributed by atoms with E-state index in [4.69, 9.17) is 19.2 Å². The predicted molar refractivity (Wildman–Crippen MR) is 15.4 cm³/mol. The van der Waals surface area contributed by atoms with E-state index < -0.39 is 7.82 Å². The summed E-state index contributed by atoms with van der Waals surface area (Å²) < 4.78 is 8.88. The van der Waals surface area contributed by atoms with E-state index in [0.717, 1.165) is 0 Å². The average molecular weight is 171 g/mol. The molecule has 0 unspecified atom stereocenters. The molecule has 0 spiro atoms. The third-order valence-corrected chi connectivity index (χ3v) is 0. The molecule has 0 aliphatic carbocycles. The monoisotopic (exact) mass is 170 g/mol. The third kappa shape index (κ3) is 118. The normalized spacial score (nSPS) is 8.43. The van der Waals surface area contributed by atoms with Gasteiger partial charge < -0.3 is 16.1 Å². The van der Waals surface area contributed by atoms with Crippen molar-refractivity contribution in [3.05, 3.63) is 0 Å². The molecule has 0 fully saturated rings. The molecule has 0 aliphatic rings. The van der Waals surface area contributed by atoms with Gasteiger partial charge in [0.15, 0.2) is 0 Å². The van der Waals surface area contributed by atoms with Gasteiger partial charge in [0.1, 0.15) is 0 Å². The molecule has 36 valence electrons. The summed E-state index contributed by atoms with van der Waals surface area (Å²) in [4.78, 5) is 21.6. The first-order chi connectivity index (χ1) is 2.00. The molecule has 0 amide bonds. The Hall–Kier alpha value is 1.33. The zero-order valence-electron chi connectivity index (χ0n) is 4.90. The van der Waals surface area contributed by atoms with Crippen molar-refractivity contribution in [1.29, 1.82) is 0 Å². The van der Waals surface area contributed by atoms with Gasteiger partial charge in [-0.05, 0) is 0 Å². The van der Waals surface area contributed by atoms with Gasteiger partial charge in [0.2, 0.25) is 0 Å². The molecule has 0 bridgehead atoms. The van der Waals surface area contributed by atoms with Crippen molar-refractivity contribution in [2.45, 2.75) is 0 Å². The van der Waals surface area contributed by atoms with Gasteiger partial charge in [-0.2, -0.15) is 0 Å². The van der Waals surface area contributed by atoms with Crippen LogP contribution >= 0.6 is 7.82 Å². The number of hydrogen-bond donors (Lipinski definition) is 3. The predicted octanol–water partition coefficient (Wildman–Crippen LogP) is -3.81. The van der Waals surface area contributed by atoms with Crippen LogP contribution in [0.1, 0.15) is 1.43 Å². The standard InChI is InChI=1S/Li.H3O4P.Zn.H/c;1-5(2,3)4;;/h;(H3,1,2,3,4);;/q+1;;;-1. The molecule has 3 N–H and O–H groups in total. The molecule has 0 rings (SSSR count). The Morgan fingerprint density at radius 3 is 1.29 bits per heavy atom. The van der Waals surface area contributed by atoms with Gasteiger partial charge >= 0.3 is 26.7 Å². The van der Waals surface area contributed by atoms with Crippen molar-refractivity contribution in [2.75, 3.05) is 0 Å². The number of rotatable bonds is 0. The van der Waals surface area contributed by atoms with Crippen LogP contribution in [0.25, 0.3) is 0 Å². The largest absolute Gasteiger partial charge is 1.00 e. The van der Waals surface area contributed by atoms with E-state index in [0.29, 0.717) is 0 Å². The second-order valence-electron chi connectivity index (χ2n) is 0.513. The summed E-state index contributed by atoms with van der Waals surface area (Å²) in [5.74, 6) is 0. The van der Waals surface area contributed by atoms with Gasteiger partial charge in [0, 0.05) is 19.5 Å². The first kappa shape index (κ1) is 15.8. The quantitative estimate of drug-likeness (QED) is 0.258. The third-order valence-electron chi connectivity index (χ3n) is 0. The summed E-state index contributed by atoms with van der Waals surface area (Å²) in [7, 11) is -4.64. The molecule has 7 heteroatoms. The van der Waals surface area contributed by atoms with Crippen LogP contribution in [-0.4, -0.2) is 14.7 Å². The summed E-state index contributed by atoms with van der Waals surface area (Å²) in [6.07, 6.45) is 0. The van der Waals surface area contributed by atoms with Crippen LogP contribution in [0.5, 0.6) is 0 Å². The van der Waals surface area contributed by atoms with Gasteiger partial charge in [-0.15, -0.1) is 0 Å². The van der Waals surface area contributed by atoms with Crippen molar-refractivity contribution in [1.82, 2.24) is 0 Å². The molecule has 0 saturated carbocycles. The van der Waals surface area contributed by atoms with E-state index in [1.165, 1.54) is 0 Å². The fourth-order valence-electron chi connectivity index (χ4n) is 0. The van der Waals surface area contributed by atoms with E-state index in [2.05, 4.69) is 0 Å². The van der Waals surface area contributed by atoms with Crippen molar-refractivity contribution in [3.8, 4) is 0 Å². The van der Waals surface area contributed by atoms with Crippen molar-refractivity contribution < 1.29 is 59.0 Å². The Labute approximate surface area is 67.0 Å². The summed E-state index contributed by atoms with van der Waals surface area (Å²) in [5, 5.41) is 0. The van der Waals surface area contributed by atoms with E-state index in [9.17, 15) is 0 Å². The summed E-state index contributed by atoms with van der Waals surface area (Å²) in [5.41, 5.74) is 0. The zero-order chi connectivity index (χ0) is 4.50.